The van der Waals surface area contributed by atoms with Crippen molar-refractivity contribution in [1.82, 2.24) is 24.5 Å². The maximum atomic E-state index is 11.7. The van der Waals surface area contributed by atoms with Crippen LogP contribution in [0.4, 0.5) is 5.82 Å². The lowest BCUT2D eigenvalue weighted by atomic mass is 9.74. The van der Waals surface area contributed by atoms with Gasteiger partial charge in [0.2, 0.25) is 10.0 Å². The third kappa shape index (κ3) is 4.63. The first-order valence-corrected chi connectivity index (χ1v) is 15.2. The van der Waals surface area contributed by atoms with Crippen LogP contribution in [0.2, 0.25) is 15.1 Å². The Morgan fingerprint density at radius 3 is 2.42 bits per heavy atom. The quantitative estimate of drug-likeness (QED) is 0.317. The van der Waals surface area contributed by atoms with Crippen LogP contribution < -0.4 is 9.64 Å². The maximum Gasteiger partial charge on any atom is 0.211 e. The molecule has 0 saturated carbocycles. The molecule has 2 aliphatic heterocycles. The van der Waals surface area contributed by atoms with Crippen molar-refractivity contribution in [3.63, 3.8) is 0 Å². The molecule has 0 amide bonds. The van der Waals surface area contributed by atoms with Gasteiger partial charge in [0.15, 0.2) is 0 Å². The summed E-state index contributed by atoms with van der Waals surface area (Å²) in [6.07, 6.45) is 5.39. The molecule has 2 fully saturated rings. The van der Waals surface area contributed by atoms with Gasteiger partial charge in [0, 0.05) is 66.7 Å². The fourth-order valence-corrected chi connectivity index (χ4v) is 7.26. The number of anilines is 1. The van der Waals surface area contributed by atoms with Crippen LogP contribution in [-0.2, 0) is 10.0 Å². The third-order valence-electron chi connectivity index (χ3n) is 7.32. The predicted molar refractivity (Wildman–Crippen MR) is 153 cm³/mol. The summed E-state index contributed by atoms with van der Waals surface area (Å²) in [5.74, 6) is 0.981. The molecule has 14 heteroatoms. The molecule has 0 aliphatic carbocycles. The minimum atomic E-state index is -3.18. The second kappa shape index (κ2) is 9.75. The van der Waals surface area contributed by atoms with Crippen molar-refractivity contribution in [2.24, 2.45) is 5.41 Å². The number of hydrogen-bond donors (Lipinski definition) is 1. The number of H-pyrrole nitrogens is 1. The molecule has 3 aromatic heterocycles. The lowest BCUT2D eigenvalue weighted by molar-refractivity contribution is 0.0395. The van der Waals surface area contributed by atoms with E-state index in [0.29, 0.717) is 80.7 Å². The van der Waals surface area contributed by atoms with Crippen LogP contribution in [0.1, 0.15) is 24.2 Å². The number of nitrogens with zero attached hydrogens (tertiary/aromatic N) is 6. The highest BCUT2D eigenvalue weighted by Crippen LogP contribution is 2.44. The normalized spacial score (nSPS) is 17.4. The fraction of sp³-hybridized carbons (Fsp3) is 0.308. The molecule has 1 N–H and O–H groups in total. The van der Waals surface area contributed by atoms with Gasteiger partial charge in [-0.1, -0.05) is 34.8 Å². The van der Waals surface area contributed by atoms with Crippen molar-refractivity contribution in [3.8, 4) is 23.1 Å². The van der Waals surface area contributed by atoms with Crippen LogP contribution in [0.15, 0.2) is 36.8 Å². The molecule has 1 unspecified atom stereocenters. The zero-order valence-corrected chi connectivity index (χ0v) is 24.4. The molecule has 1 spiro atoms. The van der Waals surface area contributed by atoms with Crippen molar-refractivity contribution in [2.75, 3.05) is 37.3 Å². The average Bonchev–Trinajstić information content (AvgIpc) is 3.24. The Balaban J connectivity index is 1.26. The van der Waals surface area contributed by atoms with Crippen molar-refractivity contribution in [2.45, 2.75) is 13.0 Å². The smallest absolute Gasteiger partial charge is 0.211 e. The lowest BCUT2D eigenvalue weighted by Crippen LogP contribution is -2.73. The second-order valence-electron chi connectivity index (χ2n) is 10.3. The number of hydrogen-bond acceptors (Lipinski definition) is 8. The topological polar surface area (TPSA) is 128 Å². The molecular weight excluding hydrogens is 597 g/mol. The predicted octanol–water partition coefficient (Wildman–Crippen LogP) is 5.07. The fourth-order valence-electron chi connectivity index (χ4n) is 5.36. The molecule has 5 heterocycles. The van der Waals surface area contributed by atoms with E-state index in [4.69, 9.17) is 39.5 Å². The van der Waals surface area contributed by atoms with Crippen molar-refractivity contribution in [1.29, 1.82) is 5.26 Å². The number of fused-ring (bicyclic) bond motifs is 1. The van der Waals surface area contributed by atoms with Gasteiger partial charge in [-0.25, -0.2) is 17.7 Å². The summed E-state index contributed by atoms with van der Waals surface area (Å²) in [4.78, 5) is 10.6. The summed E-state index contributed by atoms with van der Waals surface area (Å²) in [6, 6.07) is 7.49. The van der Waals surface area contributed by atoms with Gasteiger partial charge in [0.25, 0.3) is 0 Å². The van der Waals surface area contributed by atoms with Crippen molar-refractivity contribution < 1.29 is 13.2 Å². The Kier molecular flexibility index (Phi) is 6.59. The van der Waals surface area contributed by atoms with Crippen LogP contribution in [0.25, 0.3) is 22.2 Å². The summed E-state index contributed by atoms with van der Waals surface area (Å²) < 4.78 is 31.1. The number of aromatic amines is 1. The number of ether oxygens (including phenoxy) is 1. The minimum absolute atomic E-state index is 0.0773. The SMILES string of the molecule is CC(Oc1cc2c(-c3cnc(N4CC5(C4)CN(S(C)(=O)=O)C5)c(C#N)c3)n[nH]c2cc1Cl)c1c(Cl)cncc1Cl. The van der Waals surface area contributed by atoms with Gasteiger partial charge in [0.05, 0.1) is 32.4 Å². The average molecular weight is 619 g/mol. The van der Waals surface area contributed by atoms with Gasteiger partial charge in [0.1, 0.15) is 29.4 Å². The van der Waals surface area contributed by atoms with E-state index in [1.165, 1.54) is 23.0 Å². The number of sulfonamides is 1. The zero-order valence-electron chi connectivity index (χ0n) is 21.3. The van der Waals surface area contributed by atoms with E-state index >= 15 is 0 Å². The number of benzene rings is 1. The maximum absolute atomic E-state index is 11.7. The van der Waals surface area contributed by atoms with E-state index in [9.17, 15) is 13.7 Å². The first kappa shape index (κ1) is 27.1. The molecule has 10 nitrogen and oxygen atoms in total. The number of halogens is 3. The first-order valence-electron chi connectivity index (χ1n) is 12.2. The summed E-state index contributed by atoms with van der Waals surface area (Å²) in [5.41, 5.74) is 2.85. The first-order chi connectivity index (χ1) is 19.0. The standard InChI is InChI=1S/C26H22Cl3N7O3S/c1-14(23-19(28)8-31-9-20(23)29)39-22-4-17-21(5-18(22)27)33-34-24(17)16-3-15(6-30)25(32-7-16)35-10-26(11-35)12-36(13-26)40(2,37)38/h3-5,7-9,14H,10-13H2,1-2H3,(H,33,34). The molecule has 2 aliphatic rings. The number of pyridine rings is 2. The largest absolute Gasteiger partial charge is 0.484 e. The Labute approximate surface area is 245 Å². The van der Waals surface area contributed by atoms with Crippen LogP contribution in [0, 0.1) is 16.7 Å². The molecule has 1 atom stereocenters. The molecule has 40 heavy (non-hydrogen) atoms. The minimum Gasteiger partial charge on any atom is -0.484 e. The number of aromatic nitrogens is 4. The third-order valence-corrected chi connectivity index (χ3v) is 9.42. The number of nitrogens with one attached hydrogen (secondary N) is 1. The van der Waals surface area contributed by atoms with E-state index in [1.54, 1.807) is 24.4 Å². The molecule has 2 saturated heterocycles. The van der Waals surface area contributed by atoms with Gasteiger partial charge in [-0.3, -0.25) is 10.1 Å². The van der Waals surface area contributed by atoms with Gasteiger partial charge >= 0.3 is 0 Å². The molecule has 206 valence electrons. The molecule has 0 bridgehead atoms. The highest BCUT2D eigenvalue weighted by atomic mass is 35.5. The van der Waals surface area contributed by atoms with E-state index in [-0.39, 0.29) is 5.41 Å². The summed E-state index contributed by atoms with van der Waals surface area (Å²) in [5, 5.41) is 19.2. The van der Waals surface area contributed by atoms with E-state index in [0.717, 1.165) is 5.39 Å². The van der Waals surface area contributed by atoms with Gasteiger partial charge in [-0.2, -0.15) is 10.4 Å². The van der Waals surface area contributed by atoms with E-state index in [1.807, 2.05) is 11.8 Å². The van der Waals surface area contributed by atoms with E-state index < -0.39 is 16.1 Å². The Bertz CT molecular complexity index is 1790. The van der Waals surface area contributed by atoms with Gasteiger partial charge < -0.3 is 9.64 Å². The van der Waals surface area contributed by atoms with Crippen LogP contribution in [0.5, 0.6) is 5.75 Å². The highest BCUT2D eigenvalue weighted by molar-refractivity contribution is 7.88. The summed E-state index contributed by atoms with van der Waals surface area (Å²) >= 11 is 19.1. The Morgan fingerprint density at radius 2 is 1.77 bits per heavy atom. The van der Waals surface area contributed by atoms with Gasteiger partial charge in [-0.05, 0) is 25.1 Å². The number of nitriles is 1. The lowest BCUT2D eigenvalue weighted by Gasteiger charge is -2.59. The Morgan fingerprint density at radius 1 is 1.07 bits per heavy atom. The summed E-state index contributed by atoms with van der Waals surface area (Å²) in [6.45, 7) is 4.09. The van der Waals surface area contributed by atoms with Crippen LogP contribution >= 0.6 is 34.8 Å². The van der Waals surface area contributed by atoms with Gasteiger partial charge in [-0.15, -0.1) is 0 Å². The molecule has 0 radical (unpaired) electrons. The van der Waals surface area contributed by atoms with Crippen LogP contribution in [0.3, 0.4) is 0 Å². The van der Waals surface area contributed by atoms with Crippen molar-refractivity contribution in [3.05, 3.63) is 63.0 Å². The monoisotopic (exact) mass is 617 g/mol. The van der Waals surface area contributed by atoms with Crippen LogP contribution in [-0.4, -0.2) is 65.3 Å². The summed E-state index contributed by atoms with van der Waals surface area (Å²) in [7, 11) is -3.18. The zero-order chi connectivity index (χ0) is 28.4. The molecule has 4 aromatic rings. The second-order valence-corrected chi connectivity index (χ2v) is 13.5. The number of rotatable bonds is 6. The molecular formula is C26H22Cl3N7O3S. The Hall–Kier alpha value is -3.14. The highest BCUT2D eigenvalue weighted by Gasteiger charge is 2.54. The molecule has 6 rings (SSSR count). The van der Waals surface area contributed by atoms with Crippen molar-refractivity contribution >= 4 is 61.5 Å². The van der Waals surface area contributed by atoms with E-state index in [2.05, 4.69) is 26.2 Å². The molecule has 1 aromatic carbocycles.